The Morgan fingerprint density at radius 3 is 2.47 bits per heavy atom. The third-order valence-corrected chi connectivity index (χ3v) is 4.36. The lowest BCUT2D eigenvalue weighted by Gasteiger charge is -2.34. The van der Waals surface area contributed by atoms with Crippen LogP contribution in [0.2, 0.25) is 0 Å². The molecule has 1 aliphatic heterocycles. The highest BCUT2D eigenvalue weighted by molar-refractivity contribution is 5.73. The highest BCUT2D eigenvalue weighted by atomic mass is 16.3. The van der Waals surface area contributed by atoms with Crippen molar-refractivity contribution >= 4 is 6.03 Å². The van der Waals surface area contributed by atoms with Crippen molar-refractivity contribution < 1.29 is 9.90 Å². The lowest BCUT2D eigenvalue weighted by Crippen LogP contribution is -2.48. The lowest BCUT2D eigenvalue weighted by molar-refractivity contribution is 0.151. The van der Waals surface area contributed by atoms with Gasteiger partial charge in [-0.3, -0.25) is 0 Å². The van der Waals surface area contributed by atoms with Crippen LogP contribution in [0.25, 0.3) is 0 Å². The number of likely N-dealkylation sites (tertiary alicyclic amines) is 1. The van der Waals surface area contributed by atoms with Crippen molar-refractivity contribution in [2.75, 3.05) is 33.7 Å². The van der Waals surface area contributed by atoms with Crippen molar-refractivity contribution in [3.63, 3.8) is 0 Å². The highest BCUT2D eigenvalue weighted by Gasteiger charge is 2.26. The zero-order valence-corrected chi connectivity index (χ0v) is 12.1. The van der Waals surface area contributed by atoms with Gasteiger partial charge in [0.25, 0.3) is 0 Å². The maximum absolute atomic E-state index is 11.8. The first kappa shape index (κ1) is 14.6. The zero-order valence-electron chi connectivity index (χ0n) is 12.1. The number of amides is 2. The maximum Gasteiger partial charge on any atom is 0.319 e. The van der Waals surface area contributed by atoms with Gasteiger partial charge in [0.15, 0.2) is 0 Å². The number of urea groups is 1. The van der Waals surface area contributed by atoms with Crippen molar-refractivity contribution in [3.05, 3.63) is 0 Å². The minimum atomic E-state index is -0.0774. The van der Waals surface area contributed by atoms with E-state index >= 15 is 0 Å². The molecule has 2 unspecified atom stereocenters. The molecule has 2 atom stereocenters. The number of nitrogens with one attached hydrogen (secondary N) is 1. The quantitative estimate of drug-likeness (QED) is 0.800. The topological polar surface area (TPSA) is 55.8 Å². The Labute approximate surface area is 115 Å². The van der Waals surface area contributed by atoms with E-state index in [0.29, 0.717) is 12.0 Å². The fourth-order valence-corrected chi connectivity index (χ4v) is 3.13. The van der Waals surface area contributed by atoms with Crippen LogP contribution >= 0.6 is 0 Å². The largest absolute Gasteiger partial charge is 0.393 e. The molecule has 2 rings (SSSR count). The van der Waals surface area contributed by atoms with Gasteiger partial charge < -0.3 is 20.2 Å². The van der Waals surface area contributed by atoms with E-state index in [1.807, 2.05) is 4.90 Å². The van der Waals surface area contributed by atoms with E-state index in [1.54, 1.807) is 19.0 Å². The standard InChI is InChI=1S/C14H27N3O2/c1-16(2)14(19)17-7-5-12(6-8-17)15-10-11-3-4-13(18)9-11/h11-13,15,18H,3-10H2,1-2H3. The van der Waals surface area contributed by atoms with E-state index in [2.05, 4.69) is 5.32 Å². The third-order valence-electron chi connectivity index (χ3n) is 4.36. The van der Waals surface area contributed by atoms with Gasteiger partial charge in [-0.15, -0.1) is 0 Å². The second kappa shape index (κ2) is 6.57. The van der Waals surface area contributed by atoms with Crippen LogP contribution in [0.3, 0.4) is 0 Å². The van der Waals surface area contributed by atoms with Crippen molar-refractivity contribution in [2.45, 2.75) is 44.2 Å². The van der Waals surface area contributed by atoms with E-state index in [-0.39, 0.29) is 12.1 Å². The summed E-state index contributed by atoms with van der Waals surface area (Å²) in [6, 6.07) is 0.654. The molecular weight excluding hydrogens is 242 g/mol. The number of aliphatic hydroxyl groups is 1. The molecule has 5 nitrogen and oxygen atoms in total. The number of piperidine rings is 1. The molecule has 1 saturated carbocycles. The molecule has 0 aromatic carbocycles. The van der Waals surface area contributed by atoms with Crippen LogP contribution < -0.4 is 5.32 Å². The van der Waals surface area contributed by atoms with Crippen LogP contribution in [0.4, 0.5) is 4.79 Å². The molecule has 1 heterocycles. The summed E-state index contributed by atoms with van der Waals surface area (Å²) >= 11 is 0. The minimum absolute atomic E-state index is 0.0774. The normalized spacial score (nSPS) is 28.7. The Morgan fingerprint density at radius 1 is 1.26 bits per heavy atom. The Morgan fingerprint density at radius 2 is 1.95 bits per heavy atom. The molecule has 0 spiro atoms. The number of nitrogens with zero attached hydrogens (tertiary/aromatic N) is 2. The van der Waals surface area contributed by atoms with E-state index in [1.165, 1.54) is 0 Å². The zero-order chi connectivity index (χ0) is 13.8. The van der Waals surface area contributed by atoms with Gasteiger partial charge in [0.05, 0.1) is 6.10 Å². The smallest absolute Gasteiger partial charge is 0.319 e. The molecule has 2 N–H and O–H groups in total. The van der Waals surface area contributed by atoms with Gasteiger partial charge in [0.2, 0.25) is 0 Å². The Hall–Kier alpha value is -0.810. The van der Waals surface area contributed by atoms with Crippen LogP contribution in [0.15, 0.2) is 0 Å². The molecule has 110 valence electrons. The van der Waals surface area contributed by atoms with Crippen LogP contribution in [-0.4, -0.2) is 66.8 Å². The van der Waals surface area contributed by atoms with Gasteiger partial charge in [-0.05, 0) is 44.6 Å². The molecule has 19 heavy (non-hydrogen) atoms. The fourth-order valence-electron chi connectivity index (χ4n) is 3.13. The number of carbonyl (C=O) groups excluding carboxylic acids is 1. The number of rotatable bonds is 3. The van der Waals surface area contributed by atoms with Crippen LogP contribution in [-0.2, 0) is 0 Å². The van der Waals surface area contributed by atoms with Crippen molar-refractivity contribution in [3.8, 4) is 0 Å². The predicted molar refractivity (Wildman–Crippen MR) is 75.0 cm³/mol. The summed E-state index contributed by atoms with van der Waals surface area (Å²) < 4.78 is 0. The monoisotopic (exact) mass is 269 g/mol. The second-order valence-corrected chi connectivity index (χ2v) is 6.18. The summed E-state index contributed by atoms with van der Waals surface area (Å²) in [5.74, 6) is 0.636. The van der Waals surface area contributed by atoms with E-state index < -0.39 is 0 Å². The molecule has 1 aliphatic carbocycles. The number of hydrogen-bond donors (Lipinski definition) is 2. The minimum Gasteiger partial charge on any atom is -0.393 e. The van der Waals surface area contributed by atoms with E-state index in [0.717, 1.165) is 51.7 Å². The number of aliphatic hydroxyl groups excluding tert-OH is 1. The second-order valence-electron chi connectivity index (χ2n) is 6.18. The Bertz CT molecular complexity index is 301. The summed E-state index contributed by atoms with van der Waals surface area (Å²) in [5, 5.41) is 13.1. The number of hydrogen-bond acceptors (Lipinski definition) is 3. The third kappa shape index (κ3) is 4.08. The van der Waals surface area contributed by atoms with Crippen LogP contribution in [0, 0.1) is 5.92 Å². The molecule has 2 aliphatic rings. The molecule has 1 saturated heterocycles. The SMILES string of the molecule is CN(C)C(=O)N1CCC(NCC2CCC(O)C2)CC1. The van der Waals surface area contributed by atoms with Gasteiger partial charge >= 0.3 is 6.03 Å². The van der Waals surface area contributed by atoms with Gasteiger partial charge in [-0.2, -0.15) is 0 Å². The molecule has 2 fully saturated rings. The van der Waals surface area contributed by atoms with Gasteiger partial charge in [0.1, 0.15) is 0 Å². The highest BCUT2D eigenvalue weighted by Crippen LogP contribution is 2.25. The predicted octanol–water partition coefficient (Wildman–Crippen LogP) is 0.883. The van der Waals surface area contributed by atoms with E-state index in [4.69, 9.17) is 0 Å². The Balaban J connectivity index is 1.65. The summed E-state index contributed by atoms with van der Waals surface area (Å²) in [4.78, 5) is 15.4. The first-order valence-electron chi connectivity index (χ1n) is 7.44. The molecule has 0 aromatic heterocycles. The molecule has 5 heteroatoms. The summed E-state index contributed by atoms with van der Waals surface area (Å²) in [6.07, 6.45) is 5.05. The summed E-state index contributed by atoms with van der Waals surface area (Å²) in [6.45, 7) is 2.72. The average Bonchev–Trinajstić information content (AvgIpc) is 2.82. The molecule has 2 amide bonds. The van der Waals surface area contributed by atoms with Crippen molar-refractivity contribution in [1.82, 2.24) is 15.1 Å². The van der Waals surface area contributed by atoms with Crippen molar-refractivity contribution in [2.24, 2.45) is 5.92 Å². The van der Waals surface area contributed by atoms with Crippen LogP contribution in [0.1, 0.15) is 32.1 Å². The van der Waals surface area contributed by atoms with Gasteiger partial charge in [-0.1, -0.05) is 0 Å². The van der Waals surface area contributed by atoms with Crippen molar-refractivity contribution in [1.29, 1.82) is 0 Å². The van der Waals surface area contributed by atoms with Crippen LogP contribution in [0.5, 0.6) is 0 Å². The molecule has 0 bridgehead atoms. The van der Waals surface area contributed by atoms with Gasteiger partial charge in [-0.25, -0.2) is 4.79 Å². The Kier molecular flexibility index (Phi) is 5.05. The molecular formula is C14H27N3O2. The number of carbonyl (C=O) groups is 1. The molecule has 0 aromatic rings. The average molecular weight is 269 g/mol. The first-order valence-corrected chi connectivity index (χ1v) is 7.44. The lowest BCUT2D eigenvalue weighted by atomic mass is 10.0. The van der Waals surface area contributed by atoms with Gasteiger partial charge in [0, 0.05) is 33.2 Å². The maximum atomic E-state index is 11.8. The summed E-state index contributed by atoms with van der Waals surface area (Å²) in [7, 11) is 3.61. The summed E-state index contributed by atoms with van der Waals surface area (Å²) in [5.41, 5.74) is 0. The first-order chi connectivity index (χ1) is 9.06. The van der Waals surface area contributed by atoms with E-state index in [9.17, 15) is 9.90 Å². The fraction of sp³-hybridized carbons (Fsp3) is 0.929. The molecule has 0 radical (unpaired) electrons.